The summed E-state index contributed by atoms with van der Waals surface area (Å²) in [6, 6.07) is 8.88. The number of rotatable bonds is 7. The number of carbonyl (C=O) groups is 1. The van der Waals surface area contributed by atoms with E-state index in [4.69, 9.17) is 4.52 Å². The second kappa shape index (κ2) is 8.37. The van der Waals surface area contributed by atoms with Crippen LogP contribution >= 0.6 is 0 Å². The van der Waals surface area contributed by atoms with Gasteiger partial charge in [0.25, 0.3) is 11.4 Å². The number of nitrogens with one attached hydrogen (secondary N) is 1. The number of pyridine rings is 1. The molecule has 148 valence electrons. The standard InChI is InChI=1S/C21H26N4O3/c1-13(2)9-10-22-18(26)12-25-17-8-6-5-7-15(17)16(11-19(25)27)21-23-20(14(3)4)24-28-21/h5-8,11,13-14H,9-10,12H2,1-4H3,(H,22,26). The molecule has 0 radical (unpaired) electrons. The quantitative estimate of drug-likeness (QED) is 0.677. The van der Waals surface area contributed by atoms with E-state index in [0.717, 1.165) is 11.8 Å². The van der Waals surface area contributed by atoms with Gasteiger partial charge in [-0.1, -0.05) is 51.1 Å². The molecule has 0 unspecified atom stereocenters. The van der Waals surface area contributed by atoms with Gasteiger partial charge in [0.2, 0.25) is 5.91 Å². The van der Waals surface area contributed by atoms with Crippen molar-refractivity contribution >= 4 is 16.8 Å². The highest BCUT2D eigenvalue weighted by Crippen LogP contribution is 2.27. The van der Waals surface area contributed by atoms with Crippen molar-refractivity contribution in [1.29, 1.82) is 0 Å². The highest BCUT2D eigenvalue weighted by Gasteiger charge is 2.18. The molecule has 0 saturated heterocycles. The minimum atomic E-state index is -0.281. The van der Waals surface area contributed by atoms with Crippen LogP contribution in [0.15, 0.2) is 39.6 Å². The van der Waals surface area contributed by atoms with Crippen molar-refractivity contribution in [2.24, 2.45) is 5.92 Å². The number of amides is 1. The van der Waals surface area contributed by atoms with Gasteiger partial charge in [-0.25, -0.2) is 0 Å². The van der Waals surface area contributed by atoms with Crippen LogP contribution in [0.3, 0.4) is 0 Å². The summed E-state index contributed by atoms with van der Waals surface area (Å²) in [5.41, 5.74) is 0.960. The van der Waals surface area contributed by atoms with Crippen molar-refractivity contribution in [3.63, 3.8) is 0 Å². The number of carbonyl (C=O) groups excluding carboxylic acids is 1. The maximum absolute atomic E-state index is 12.8. The Hall–Kier alpha value is -2.96. The third kappa shape index (κ3) is 4.30. The van der Waals surface area contributed by atoms with E-state index in [1.54, 1.807) is 0 Å². The first-order valence-electron chi connectivity index (χ1n) is 9.60. The molecule has 0 aliphatic rings. The summed E-state index contributed by atoms with van der Waals surface area (Å²) < 4.78 is 6.86. The van der Waals surface area contributed by atoms with Crippen LogP contribution in [0.1, 0.15) is 45.9 Å². The average Bonchev–Trinajstić information content (AvgIpc) is 3.14. The summed E-state index contributed by atoms with van der Waals surface area (Å²) in [4.78, 5) is 29.5. The van der Waals surface area contributed by atoms with Crippen molar-refractivity contribution in [2.45, 2.75) is 46.6 Å². The maximum Gasteiger partial charge on any atom is 0.258 e. The molecule has 7 heteroatoms. The molecule has 0 bridgehead atoms. The van der Waals surface area contributed by atoms with E-state index < -0.39 is 0 Å². The predicted molar refractivity (Wildman–Crippen MR) is 108 cm³/mol. The number of para-hydroxylation sites is 1. The molecule has 0 spiro atoms. The lowest BCUT2D eigenvalue weighted by molar-refractivity contribution is -0.121. The third-order valence-corrected chi connectivity index (χ3v) is 4.55. The van der Waals surface area contributed by atoms with Gasteiger partial charge in [-0.15, -0.1) is 0 Å². The molecule has 3 aromatic rings. The van der Waals surface area contributed by atoms with Gasteiger partial charge in [0, 0.05) is 23.9 Å². The van der Waals surface area contributed by atoms with Crippen LogP contribution in [-0.2, 0) is 11.3 Å². The van der Waals surface area contributed by atoms with Crippen molar-refractivity contribution < 1.29 is 9.32 Å². The largest absolute Gasteiger partial charge is 0.355 e. The highest BCUT2D eigenvalue weighted by molar-refractivity contribution is 5.93. The van der Waals surface area contributed by atoms with Crippen LogP contribution < -0.4 is 10.9 Å². The summed E-state index contributed by atoms with van der Waals surface area (Å²) in [6.45, 7) is 8.72. The minimum Gasteiger partial charge on any atom is -0.355 e. The van der Waals surface area contributed by atoms with Gasteiger partial charge in [-0.05, 0) is 18.4 Å². The molecule has 0 aliphatic carbocycles. The van der Waals surface area contributed by atoms with E-state index >= 15 is 0 Å². The Morgan fingerprint density at radius 1 is 1.21 bits per heavy atom. The van der Waals surface area contributed by atoms with Crippen LogP contribution in [0, 0.1) is 5.92 Å². The Labute approximate surface area is 163 Å². The van der Waals surface area contributed by atoms with E-state index in [2.05, 4.69) is 29.3 Å². The lowest BCUT2D eigenvalue weighted by atomic mass is 10.1. The average molecular weight is 382 g/mol. The lowest BCUT2D eigenvalue weighted by Crippen LogP contribution is -2.33. The Morgan fingerprint density at radius 2 is 1.96 bits per heavy atom. The highest BCUT2D eigenvalue weighted by atomic mass is 16.5. The molecule has 0 aliphatic heterocycles. The third-order valence-electron chi connectivity index (χ3n) is 4.55. The van der Waals surface area contributed by atoms with Crippen LogP contribution in [0.4, 0.5) is 0 Å². The Morgan fingerprint density at radius 3 is 2.64 bits per heavy atom. The van der Waals surface area contributed by atoms with Gasteiger partial charge in [-0.3, -0.25) is 14.2 Å². The lowest BCUT2D eigenvalue weighted by Gasteiger charge is -2.13. The molecule has 1 N–H and O–H groups in total. The second-order valence-electron chi connectivity index (χ2n) is 7.64. The van der Waals surface area contributed by atoms with Gasteiger partial charge in [-0.2, -0.15) is 4.98 Å². The van der Waals surface area contributed by atoms with Crippen LogP contribution in [0.25, 0.3) is 22.4 Å². The van der Waals surface area contributed by atoms with Gasteiger partial charge >= 0.3 is 0 Å². The van der Waals surface area contributed by atoms with Crippen molar-refractivity contribution in [1.82, 2.24) is 20.0 Å². The molecule has 1 aromatic carbocycles. The molecule has 1 amide bonds. The number of aromatic nitrogens is 3. The van der Waals surface area contributed by atoms with E-state index in [1.807, 2.05) is 38.1 Å². The topological polar surface area (TPSA) is 90.0 Å². The number of benzene rings is 1. The van der Waals surface area contributed by atoms with Crippen LogP contribution in [-0.4, -0.2) is 27.2 Å². The molecule has 0 fully saturated rings. The summed E-state index contributed by atoms with van der Waals surface area (Å²) in [5.74, 6) is 1.35. The van der Waals surface area contributed by atoms with Crippen molar-refractivity contribution in [3.8, 4) is 11.5 Å². The fraction of sp³-hybridized carbons (Fsp3) is 0.429. The van der Waals surface area contributed by atoms with Crippen molar-refractivity contribution in [3.05, 3.63) is 46.5 Å². The van der Waals surface area contributed by atoms with E-state index in [1.165, 1.54) is 10.6 Å². The van der Waals surface area contributed by atoms with Crippen LogP contribution in [0.5, 0.6) is 0 Å². The van der Waals surface area contributed by atoms with E-state index in [9.17, 15) is 9.59 Å². The molecule has 0 saturated carbocycles. The van der Waals surface area contributed by atoms with Gasteiger partial charge < -0.3 is 9.84 Å². The first-order chi connectivity index (χ1) is 13.4. The maximum atomic E-state index is 12.8. The monoisotopic (exact) mass is 382 g/mol. The fourth-order valence-corrected chi connectivity index (χ4v) is 2.95. The first-order valence-corrected chi connectivity index (χ1v) is 9.60. The molecule has 7 nitrogen and oxygen atoms in total. The molecule has 0 atom stereocenters. The smallest absolute Gasteiger partial charge is 0.258 e. The Balaban J connectivity index is 1.96. The van der Waals surface area contributed by atoms with Gasteiger partial charge in [0.1, 0.15) is 6.54 Å². The molecule has 2 aromatic heterocycles. The zero-order valence-corrected chi connectivity index (χ0v) is 16.7. The van der Waals surface area contributed by atoms with Gasteiger partial charge in [0.05, 0.1) is 11.1 Å². The Bertz CT molecular complexity index is 1030. The number of fused-ring (bicyclic) bond motifs is 1. The summed E-state index contributed by atoms with van der Waals surface area (Å²) in [7, 11) is 0. The normalized spacial score (nSPS) is 11.5. The van der Waals surface area contributed by atoms with Crippen LogP contribution in [0.2, 0.25) is 0 Å². The predicted octanol–water partition coefficient (Wildman–Crippen LogP) is 3.34. The zero-order valence-electron chi connectivity index (χ0n) is 16.7. The number of nitrogens with zero attached hydrogens (tertiary/aromatic N) is 3. The van der Waals surface area contributed by atoms with E-state index in [0.29, 0.717) is 35.3 Å². The summed E-state index contributed by atoms with van der Waals surface area (Å²) in [5, 5.41) is 7.65. The summed E-state index contributed by atoms with van der Waals surface area (Å²) >= 11 is 0. The number of hydrogen-bond donors (Lipinski definition) is 1. The fourth-order valence-electron chi connectivity index (χ4n) is 2.95. The first kappa shape index (κ1) is 19.8. The molecular formula is C21H26N4O3. The Kier molecular flexibility index (Phi) is 5.92. The summed E-state index contributed by atoms with van der Waals surface area (Å²) in [6.07, 6.45) is 0.898. The van der Waals surface area contributed by atoms with E-state index in [-0.39, 0.29) is 23.9 Å². The SMILES string of the molecule is CC(C)CCNC(=O)Cn1c(=O)cc(-c2nc(C(C)C)no2)c2ccccc21. The molecule has 3 rings (SSSR count). The molecular weight excluding hydrogens is 356 g/mol. The zero-order chi connectivity index (χ0) is 20.3. The van der Waals surface area contributed by atoms with Gasteiger partial charge in [0.15, 0.2) is 5.82 Å². The second-order valence-corrected chi connectivity index (χ2v) is 7.64. The molecule has 28 heavy (non-hydrogen) atoms. The minimum absolute atomic E-state index is 0.0290. The number of hydrogen-bond acceptors (Lipinski definition) is 5. The van der Waals surface area contributed by atoms with Crippen molar-refractivity contribution in [2.75, 3.05) is 6.54 Å². The molecule has 2 heterocycles.